The van der Waals surface area contributed by atoms with Crippen LogP contribution in [0.2, 0.25) is 0 Å². The lowest BCUT2D eigenvalue weighted by molar-refractivity contribution is 0.414. The Bertz CT molecular complexity index is 519. The number of benzene rings is 2. The highest BCUT2D eigenvalue weighted by molar-refractivity contribution is 5.30. The van der Waals surface area contributed by atoms with E-state index in [-0.39, 0.29) is 6.04 Å². The molecule has 0 aliphatic carbocycles. The van der Waals surface area contributed by atoms with Gasteiger partial charge in [0.2, 0.25) is 0 Å². The summed E-state index contributed by atoms with van der Waals surface area (Å²) in [6.07, 6.45) is 2.85. The molecule has 0 fully saturated rings. The van der Waals surface area contributed by atoms with Crippen LogP contribution in [0.5, 0.6) is 5.75 Å². The summed E-state index contributed by atoms with van der Waals surface area (Å²) in [4.78, 5) is 0. The lowest BCUT2D eigenvalue weighted by atomic mass is 9.98. The minimum absolute atomic E-state index is 0.279. The Morgan fingerprint density at radius 3 is 2.40 bits per heavy atom. The lowest BCUT2D eigenvalue weighted by Gasteiger charge is -2.19. The average molecular weight is 267 g/mol. The van der Waals surface area contributed by atoms with Gasteiger partial charge >= 0.3 is 0 Å². The van der Waals surface area contributed by atoms with E-state index in [1.165, 1.54) is 11.1 Å². The third-order valence-corrected chi connectivity index (χ3v) is 3.31. The molecule has 0 amide bonds. The molecule has 2 aromatic rings. The van der Waals surface area contributed by atoms with Crippen molar-refractivity contribution in [2.75, 3.05) is 13.7 Å². The molecule has 2 rings (SSSR count). The van der Waals surface area contributed by atoms with Crippen molar-refractivity contribution in [3.05, 3.63) is 78.4 Å². The molecular formula is C18H21NO. The maximum absolute atomic E-state index is 5.21. The Hall–Kier alpha value is -2.06. The fourth-order valence-electron chi connectivity index (χ4n) is 2.22. The van der Waals surface area contributed by atoms with Crippen LogP contribution in [0.25, 0.3) is 0 Å². The molecule has 20 heavy (non-hydrogen) atoms. The zero-order valence-electron chi connectivity index (χ0n) is 11.9. The van der Waals surface area contributed by atoms with Crippen molar-refractivity contribution >= 4 is 0 Å². The first-order valence-electron chi connectivity index (χ1n) is 6.85. The summed E-state index contributed by atoms with van der Waals surface area (Å²) in [5, 5.41) is 3.51. The highest BCUT2D eigenvalue weighted by Gasteiger charge is 2.11. The molecule has 1 N–H and O–H groups in total. The Labute approximate surface area is 121 Å². The number of hydrogen-bond donors (Lipinski definition) is 1. The van der Waals surface area contributed by atoms with Crippen molar-refractivity contribution in [1.29, 1.82) is 0 Å². The first-order valence-corrected chi connectivity index (χ1v) is 6.85. The fourth-order valence-corrected chi connectivity index (χ4v) is 2.22. The average Bonchev–Trinajstić information content (AvgIpc) is 2.52. The van der Waals surface area contributed by atoms with E-state index in [1.54, 1.807) is 7.11 Å². The number of hydrogen-bond acceptors (Lipinski definition) is 2. The number of methoxy groups -OCH3 is 1. The molecule has 0 radical (unpaired) electrons. The smallest absolute Gasteiger partial charge is 0.118 e. The SMILES string of the molecule is C=CCNC(Cc1ccccc1)c1ccc(OC)cc1. The van der Waals surface area contributed by atoms with Crippen LogP contribution in [-0.2, 0) is 6.42 Å². The second-order valence-electron chi connectivity index (χ2n) is 4.71. The van der Waals surface area contributed by atoms with Gasteiger partial charge in [0.25, 0.3) is 0 Å². The molecule has 0 heterocycles. The molecule has 0 aliphatic rings. The van der Waals surface area contributed by atoms with E-state index in [9.17, 15) is 0 Å². The van der Waals surface area contributed by atoms with Crippen LogP contribution in [0.15, 0.2) is 67.3 Å². The third kappa shape index (κ3) is 3.97. The van der Waals surface area contributed by atoms with Crippen molar-refractivity contribution < 1.29 is 4.74 Å². The van der Waals surface area contributed by atoms with Crippen LogP contribution >= 0.6 is 0 Å². The molecule has 0 saturated heterocycles. The number of ether oxygens (including phenoxy) is 1. The van der Waals surface area contributed by atoms with Crippen LogP contribution < -0.4 is 10.1 Å². The van der Waals surface area contributed by atoms with Crippen LogP contribution in [0, 0.1) is 0 Å². The molecule has 104 valence electrons. The third-order valence-electron chi connectivity index (χ3n) is 3.31. The van der Waals surface area contributed by atoms with Gasteiger partial charge in [0.15, 0.2) is 0 Å². The molecule has 1 atom stereocenters. The first-order chi connectivity index (χ1) is 9.83. The van der Waals surface area contributed by atoms with E-state index < -0.39 is 0 Å². The summed E-state index contributed by atoms with van der Waals surface area (Å²) in [7, 11) is 1.69. The Balaban J connectivity index is 2.15. The normalized spacial score (nSPS) is 11.8. The molecule has 2 aromatic carbocycles. The van der Waals surface area contributed by atoms with E-state index >= 15 is 0 Å². The van der Waals surface area contributed by atoms with Gasteiger partial charge in [-0.1, -0.05) is 48.5 Å². The van der Waals surface area contributed by atoms with Crippen LogP contribution in [0.4, 0.5) is 0 Å². The molecule has 0 aliphatic heterocycles. The number of rotatable bonds is 7. The minimum atomic E-state index is 0.279. The molecule has 0 aromatic heterocycles. The quantitative estimate of drug-likeness (QED) is 0.771. The Morgan fingerprint density at radius 1 is 1.10 bits per heavy atom. The summed E-state index contributed by atoms with van der Waals surface area (Å²) < 4.78 is 5.21. The standard InChI is InChI=1S/C18H21NO/c1-3-13-19-18(14-15-7-5-4-6-8-15)16-9-11-17(20-2)12-10-16/h3-12,18-19H,1,13-14H2,2H3. The maximum Gasteiger partial charge on any atom is 0.118 e. The maximum atomic E-state index is 5.21. The molecule has 1 unspecified atom stereocenters. The Morgan fingerprint density at radius 2 is 1.80 bits per heavy atom. The van der Waals surface area contributed by atoms with Crippen molar-refractivity contribution in [3.8, 4) is 5.75 Å². The molecular weight excluding hydrogens is 246 g/mol. The second-order valence-corrected chi connectivity index (χ2v) is 4.71. The summed E-state index contributed by atoms with van der Waals surface area (Å²) in [5.41, 5.74) is 2.58. The van der Waals surface area contributed by atoms with Gasteiger partial charge < -0.3 is 10.1 Å². The van der Waals surface area contributed by atoms with Crippen molar-refractivity contribution in [1.82, 2.24) is 5.32 Å². The summed E-state index contributed by atoms with van der Waals surface area (Å²) >= 11 is 0. The topological polar surface area (TPSA) is 21.3 Å². The van der Waals surface area contributed by atoms with Gasteiger partial charge in [-0.05, 0) is 29.7 Å². The zero-order chi connectivity index (χ0) is 14.2. The zero-order valence-corrected chi connectivity index (χ0v) is 11.9. The van der Waals surface area contributed by atoms with Crippen LogP contribution in [-0.4, -0.2) is 13.7 Å². The largest absolute Gasteiger partial charge is 0.497 e. The fraction of sp³-hybridized carbons (Fsp3) is 0.222. The van der Waals surface area contributed by atoms with Gasteiger partial charge in [-0.25, -0.2) is 0 Å². The molecule has 0 bridgehead atoms. The lowest BCUT2D eigenvalue weighted by Crippen LogP contribution is -2.23. The van der Waals surface area contributed by atoms with Crippen LogP contribution in [0.3, 0.4) is 0 Å². The van der Waals surface area contributed by atoms with E-state index in [1.807, 2.05) is 24.3 Å². The van der Waals surface area contributed by atoms with Gasteiger partial charge in [-0.15, -0.1) is 6.58 Å². The van der Waals surface area contributed by atoms with Crippen molar-refractivity contribution in [2.24, 2.45) is 0 Å². The van der Waals surface area contributed by atoms with E-state index in [4.69, 9.17) is 4.74 Å². The summed E-state index contributed by atoms with van der Waals surface area (Å²) in [6.45, 7) is 4.57. The van der Waals surface area contributed by atoms with E-state index in [2.05, 4.69) is 48.3 Å². The van der Waals surface area contributed by atoms with E-state index in [0.29, 0.717) is 0 Å². The summed E-state index contributed by atoms with van der Waals surface area (Å²) in [5.74, 6) is 0.885. The van der Waals surface area contributed by atoms with Gasteiger partial charge in [0, 0.05) is 12.6 Å². The first kappa shape index (κ1) is 14.4. The monoisotopic (exact) mass is 267 g/mol. The minimum Gasteiger partial charge on any atom is -0.497 e. The molecule has 2 nitrogen and oxygen atoms in total. The molecule has 2 heteroatoms. The van der Waals surface area contributed by atoms with Gasteiger partial charge in [0.05, 0.1) is 7.11 Å². The van der Waals surface area contributed by atoms with Crippen molar-refractivity contribution in [2.45, 2.75) is 12.5 Å². The summed E-state index contributed by atoms with van der Waals surface area (Å²) in [6, 6.07) is 19.0. The predicted octanol–water partition coefficient (Wildman–Crippen LogP) is 3.75. The highest BCUT2D eigenvalue weighted by atomic mass is 16.5. The van der Waals surface area contributed by atoms with Gasteiger partial charge in [-0.2, -0.15) is 0 Å². The molecule has 0 saturated carbocycles. The second kappa shape index (κ2) is 7.51. The number of nitrogens with one attached hydrogen (secondary N) is 1. The van der Waals surface area contributed by atoms with Gasteiger partial charge in [-0.3, -0.25) is 0 Å². The van der Waals surface area contributed by atoms with Gasteiger partial charge in [0.1, 0.15) is 5.75 Å². The molecule has 0 spiro atoms. The Kier molecular flexibility index (Phi) is 5.39. The highest BCUT2D eigenvalue weighted by Crippen LogP contribution is 2.21. The van der Waals surface area contributed by atoms with Crippen molar-refractivity contribution in [3.63, 3.8) is 0 Å². The van der Waals surface area contributed by atoms with E-state index in [0.717, 1.165) is 18.7 Å². The predicted molar refractivity (Wildman–Crippen MR) is 84.1 cm³/mol. The van der Waals surface area contributed by atoms with Crippen LogP contribution in [0.1, 0.15) is 17.2 Å².